The van der Waals surface area contributed by atoms with Gasteiger partial charge in [0.1, 0.15) is 17.8 Å². The van der Waals surface area contributed by atoms with E-state index >= 15 is 0 Å². The van der Waals surface area contributed by atoms with E-state index < -0.39 is 42.7 Å². The van der Waals surface area contributed by atoms with Crippen LogP contribution in [0.25, 0.3) is 10.1 Å². The Balaban J connectivity index is 1.31. The van der Waals surface area contributed by atoms with Gasteiger partial charge in [-0.3, -0.25) is 23.7 Å². The van der Waals surface area contributed by atoms with Gasteiger partial charge in [0, 0.05) is 48.6 Å². The number of hydrogen-bond donors (Lipinski definition) is 4. The maximum absolute atomic E-state index is 14.3. The molecule has 13 nitrogen and oxygen atoms in total. The van der Waals surface area contributed by atoms with Gasteiger partial charge in [-0.05, 0) is 87.6 Å². The number of ether oxygens (including phenoxy) is 1. The van der Waals surface area contributed by atoms with Gasteiger partial charge in [0.2, 0.25) is 17.7 Å². The summed E-state index contributed by atoms with van der Waals surface area (Å²) in [5.41, 5.74) is -4.80. The van der Waals surface area contributed by atoms with Crippen LogP contribution in [-0.4, -0.2) is 107 Å². The summed E-state index contributed by atoms with van der Waals surface area (Å²) < 4.78 is 46.2. The first-order chi connectivity index (χ1) is 23.5. The van der Waals surface area contributed by atoms with E-state index in [2.05, 4.69) is 15.5 Å². The zero-order chi connectivity index (χ0) is 36.4. The summed E-state index contributed by atoms with van der Waals surface area (Å²) in [4.78, 5) is 77.0. The number of hydrogen-bond acceptors (Lipinski definition) is 8. The van der Waals surface area contributed by atoms with Crippen LogP contribution in [0.3, 0.4) is 0 Å². The van der Waals surface area contributed by atoms with Crippen molar-refractivity contribution >= 4 is 58.3 Å². The van der Waals surface area contributed by atoms with Crippen molar-refractivity contribution in [1.82, 2.24) is 20.0 Å². The molecule has 0 saturated carbocycles. The highest BCUT2D eigenvalue weighted by Crippen LogP contribution is 2.59. The second-order valence-electron chi connectivity index (χ2n) is 12.7. The minimum atomic E-state index is -5.80. The number of halogens is 2. The lowest BCUT2D eigenvalue weighted by atomic mass is 10.1. The summed E-state index contributed by atoms with van der Waals surface area (Å²) in [5.74, 6) is -1.26. The second-order valence-corrected chi connectivity index (χ2v) is 15.5. The molecule has 0 unspecified atom stereocenters. The number of carbonyl (C=O) groups excluding carboxylic acids is 4. The summed E-state index contributed by atoms with van der Waals surface area (Å²) >= 11 is 0.940. The van der Waals surface area contributed by atoms with Gasteiger partial charge in [0.15, 0.2) is 0 Å². The van der Waals surface area contributed by atoms with Crippen LogP contribution < -0.4 is 15.4 Å². The summed E-state index contributed by atoms with van der Waals surface area (Å²) in [6.07, 6.45) is 2.22. The van der Waals surface area contributed by atoms with Crippen molar-refractivity contribution in [2.24, 2.45) is 0 Å². The Morgan fingerprint density at radius 2 is 1.80 bits per heavy atom. The predicted octanol–water partition coefficient (Wildman–Crippen LogP) is 3.81. The number of benzene rings is 2. The average molecular weight is 736 g/mol. The summed E-state index contributed by atoms with van der Waals surface area (Å²) in [7, 11) is -1.83. The first kappa shape index (κ1) is 37.3. The van der Waals surface area contributed by atoms with E-state index in [1.807, 2.05) is 14.1 Å². The van der Waals surface area contributed by atoms with Crippen LogP contribution in [0.2, 0.25) is 0 Å². The maximum Gasteiger partial charge on any atom is 0.399 e. The molecule has 2 aliphatic heterocycles. The molecule has 0 aliphatic carbocycles. The largest absolute Gasteiger partial charge is 0.494 e. The van der Waals surface area contributed by atoms with Crippen LogP contribution in [-0.2, 0) is 24.6 Å². The van der Waals surface area contributed by atoms with Crippen molar-refractivity contribution in [3.63, 3.8) is 0 Å². The molecule has 1 aromatic heterocycles. The second kappa shape index (κ2) is 15.1. The highest BCUT2D eigenvalue weighted by Gasteiger charge is 2.50. The van der Waals surface area contributed by atoms with Crippen LogP contribution in [0.5, 0.6) is 5.75 Å². The highest BCUT2D eigenvalue weighted by atomic mass is 32.1. The molecular weight excluding hydrogens is 695 g/mol. The molecule has 2 aliphatic rings. The molecule has 3 aromatic rings. The van der Waals surface area contributed by atoms with Crippen molar-refractivity contribution in [2.45, 2.75) is 56.4 Å². The van der Waals surface area contributed by atoms with Gasteiger partial charge in [-0.2, -0.15) is 8.78 Å². The lowest BCUT2D eigenvalue weighted by Gasteiger charge is -2.38. The Morgan fingerprint density at radius 3 is 2.46 bits per heavy atom. The number of carbonyl (C=O) groups is 4. The van der Waals surface area contributed by atoms with Crippen molar-refractivity contribution in [2.75, 3.05) is 45.7 Å². The van der Waals surface area contributed by atoms with E-state index in [4.69, 9.17) is 14.5 Å². The lowest BCUT2D eigenvalue weighted by molar-refractivity contribution is -0.143. The van der Waals surface area contributed by atoms with Crippen LogP contribution in [0.15, 0.2) is 48.5 Å². The molecule has 4 amide bonds. The summed E-state index contributed by atoms with van der Waals surface area (Å²) in [6, 6.07) is 8.87. The minimum Gasteiger partial charge on any atom is -0.494 e. The smallest absolute Gasteiger partial charge is 0.399 e. The van der Waals surface area contributed by atoms with Crippen molar-refractivity contribution in [1.29, 1.82) is 0 Å². The van der Waals surface area contributed by atoms with Gasteiger partial charge < -0.3 is 39.9 Å². The fourth-order valence-corrected chi connectivity index (χ4v) is 7.62. The van der Waals surface area contributed by atoms with Gasteiger partial charge in [-0.15, -0.1) is 11.3 Å². The lowest BCUT2D eigenvalue weighted by Crippen LogP contribution is -2.60. The Kier molecular flexibility index (Phi) is 11.3. The Morgan fingerprint density at radius 1 is 1.08 bits per heavy atom. The van der Waals surface area contributed by atoms with Gasteiger partial charge in [-0.1, -0.05) is 6.07 Å². The van der Waals surface area contributed by atoms with E-state index in [-0.39, 0.29) is 34.7 Å². The van der Waals surface area contributed by atoms with Crippen molar-refractivity contribution < 1.29 is 47.0 Å². The zero-order valence-corrected chi connectivity index (χ0v) is 29.5. The topological polar surface area (TPSA) is 169 Å². The Labute approximate surface area is 291 Å². The third-order valence-electron chi connectivity index (χ3n) is 8.84. The van der Waals surface area contributed by atoms with Crippen LogP contribution in [0.4, 0.5) is 14.5 Å². The molecule has 2 fully saturated rings. The number of nitrogens with zero attached hydrogens (tertiary/aromatic N) is 3. The van der Waals surface area contributed by atoms with Crippen LogP contribution >= 0.6 is 18.9 Å². The number of amides is 4. The number of anilines is 1. The third kappa shape index (κ3) is 8.32. The molecule has 50 heavy (non-hydrogen) atoms. The van der Waals surface area contributed by atoms with Gasteiger partial charge in [0.25, 0.3) is 5.91 Å². The average Bonchev–Trinajstić information content (AvgIpc) is 3.67. The molecule has 2 saturated heterocycles. The number of thiophene rings is 1. The first-order valence-electron chi connectivity index (χ1n) is 16.1. The molecule has 0 radical (unpaired) electrons. The fourth-order valence-electron chi connectivity index (χ4n) is 6.20. The number of nitrogens with one attached hydrogen (secondary N) is 2. The van der Waals surface area contributed by atoms with Crippen molar-refractivity contribution in [3.8, 4) is 5.75 Å². The summed E-state index contributed by atoms with van der Waals surface area (Å²) in [5, 5.41) is 5.72. The monoisotopic (exact) mass is 735 g/mol. The molecule has 17 heteroatoms. The molecular formula is C33H40F2N5O8PS. The molecule has 0 bridgehead atoms. The van der Waals surface area contributed by atoms with E-state index in [0.717, 1.165) is 36.4 Å². The molecule has 4 N–H and O–H groups in total. The first-order valence-corrected chi connectivity index (χ1v) is 18.5. The highest BCUT2D eigenvalue weighted by molar-refractivity contribution is 7.52. The molecule has 5 rings (SSSR count). The fraction of sp³-hybridized carbons (Fsp3) is 0.455. The van der Waals surface area contributed by atoms with E-state index in [1.54, 1.807) is 24.3 Å². The predicted molar refractivity (Wildman–Crippen MR) is 183 cm³/mol. The molecule has 0 spiro atoms. The number of alkyl halides is 2. The van der Waals surface area contributed by atoms with Crippen LogP contribution in [0.1, 0.15) is 47.8 Å². The van der Waals surface area contributed by atoms with Gasteiger partial charge in [-0.25, -0.2) is 0 Å². The number of fused-ring (bicyclic) bond motifs is 2. The molecule has 3 atom stereocenters. The molecule has 3 heterocycles. The molecule has 270 valence electrons. The number of rotatable bonds is 11. The molecule has 2 aromatic carbocycles. The Bertz CT molecular complexity index is 1800. The van der Waals surface area contributed by atoms with E-state index in [9.17, 15) is 32.5 Å². The standard InChI is InChI=1S/C33H40F2N5O8PS/c1-20(41)39-15-13-24-8-11-27(30(42)36-23-6-9-25(10-7-23)48-16-4-14-38(2)3)40(24)32(44)26(19-39)37-31(43)29-18-21-17-22(5-12-28(21)50-29)33(34,35)49(45,46)47/h5-7,9-10,12,17-18,24,26-27H,4,8,11,13-16,19H2,1-3H3,(H,36,42)(H,37,43)(H2,45,46,47)/t24-,26+,27+/m1/s1. The van der Waals surface area contributed by atoms with E-state index in [1.165, 1.54) is 28.9 Å². The SMILES string of the molecule is CC(=O)N1CC[C@H]2CC[C@@H](C(=O)Nc3ccc(OCCCN(C)C)cc3)N2C(=O)[C@@H](NC(=O)c2cc3cc(C(F)(F)P(=O)(O)O)ccc3s2)C1. The zero-order valence-electron chi connectivity index (χ0n) is 27.8. The minimum absolute atomic E-state index is 0.0540. The maximum atomic E-state index is 14.3. The van der Waals surface area contributed by atoms with Crippen LogP contribution in [0, 0.1) is 0 Å². The quantitative estimate of drug-likeness (QED) is 0.169. The van der Waals surface area contributed by atoms with E-state index in [0.29, 0.717) is 48.6 Å². The Hall–Kier alpha value is -3.95. The summed E-state index contributed by atoms with van der Waals surface area (Å²) in [6.45, 7) is 2.97. The van der Waals surface area contributed by atoms with Crippen molar-refractivity contribution in [3.05, 3.63) is 59.0 Å². The van der Waals surface area contributed by atoms with Gasteiger partial charge >= 0.3 is 13.3 Å². The third-order valence-corrected chi connectivity index (χ3v) is 10.9. The van der Waals surface area contributed by atoms with Gasteiger partial charge in [0.05, 0.1) is 11.5 Å². The normalized spacial score (nSPS) is 20.0.